The molecule has 2 N–H and O–H groups in total. The second-order valence-corrected chi connectivity index (χ2v) is 6.06. The fraction of sp³-hybridized carbons (Fsp3) is 0.500. The predicted molar refractivity (Wildman–Crippen MR) is 80.4 cm³/mol. The third-order valence-corrected chi connectivity index (χ3v) is 4.36. The van der Waals surface area contributed by atoms with Crippen LogP contribution in [0.15, 0.2) is 18.2 Å². The second-order valence-electron chi connectivity index (χ2n) is 6.06. The number of piperidine rings is 1. The van der Waals surface area contributed by atoms with E-state index in [4.69, 9.17) is 0 Å². The fourth-order valence-electron chi connectivity index (χ4n) is 3.08. The van der Waals surface area contributed by atoms with Crippen LogP contribution in [-0.2, 0) is 6.54 Å². The lowest BCUT2D eigenvalue weighted by Gasteiger charge is -2.33. The van der Waals surface area contributed by atoms with Gasteiger partial charge in [0.1, 0.15) is 17.5 Å². The first kappa shape index (κ1) is 16.0. The van der Waals surface area contributed by atoms with Crippen molar-refractivity contribution in [2.75, 3.05) is 13.1 Å². The van der Waals surface area contributed by atoms with Gasteiger partial charge in [-0.1, -0.05) is 0 Å². The molecule has 1 aromatic heterocycles. The number of aryl methyl sites for hydroxylation is 1. The van der Waals surface area contributed by atoms with Crippen LogP contribution in [0.1, 0.15) is 36.2 Å². The Morgan fingerprint density at radius 3 is 2.74 bits per heavy atom. The summed E-state index contributed by atoms with van der Waals surface area (Å²) in [5.74, 6) is 0.372. The Morgan fingerprint density at radius 1 is 1.35 bits per heavy atom. The lowest BCUT2D eigenvalue weighted by Crippen LogP contribution is -2.35. The molecule has 7 heteroatoms. The van der Waals surface area contributed by atoms with E-state index in [0.29, 0.717) is 6.54 Å². The topological polar surface area (TPSA) is 65.0 Å². The molecule has 1 atom stereocenters. The summed E-state index contributed by atoms with van der Waals surface area (Å²) >= 11 is 0. The third kappa shape index (κ3) is 3.73. The van der Waals surface area contributed by atoms with E-state index in [0.717, 1.165) is 55.8 Å². The number of hydrogen-bond donors (Lipinski definition) is 2. The summed E-state index contributed by atoms with van der Waals surface area (Å²) in [4.78, 5) is 6.48. The Hall–Kier alpha value is -1.86. The van der Waals surface area contributed by atoms with Crippen molar-refractivity contribution in [2.45, 2.75) is 32.4 Å². The van der Waals surface area contributed by atoms with Crippen LogP contribution in [0.25, 0.3) is 0 Å². The van der Waals surface area contributed by atoms with Crippen molar-refractivity contribution >= 4 is 0 Å². The van der Waals surface area contributed by atoms with Crippen molar-refractivity contribution in [1.29, 1.82) is 0 Å². The Labute approximate surface area is 133 Å². The standard InChI is InChI=1S/C16H20F2N4O/c1-10-19-15(21-20-10)9-22-6-4-11(5-7-22)16(23)13-8-12(17)2-3-14(13)18/h2-3,8,11,16,23H,4-7,9H2,1H3,(H,19,20,21). The maximum atomic E-state index is 13.8. The number of aromatic amines is 1. The van der Waals surface area contributed by atoms with Crippen molar-refractivity contribution in [3.63, 3.8) is 0 Å². The van der Waals surface area contributed by atoms with Crippen molar-refractivity contribution < 1.29 is 13.9 Å². The molecule has 124 valence electrons. The number of nitrogens with one attached hydrogen (secondary N) is 1. The van der Waals surface area contributed by atoms with Gasteiger partial charge in [-0.2, -0.15) is 5.10 Å². The van der Waals surface area contributed by atoms with Crippen molar-refractivity contribution in [1.82, 2.24) is 20.1 Å². The molecule has 1 saturated heterocycles. The Kier molecular flexibility index (Phi) is 4.68. The lowest BCUT2D eigenvalue weighted by atomic mass is 9.87. The Balaban J connectivity index is 1.59. The van der Waals surface area contributed by atoms with Gasteiger partial charge in [-0.05, 0) is 57.0 Å². The van der Waals surface area contributed by atoms with E-state index in [2.05, 4.69) is 20.1 Å². The highest BCUT2D eigenvalue weighted by molar-refractivity contribution is 5.21. The summed E-state index contributed by atoms with van der Waals surface area (Å²) in [6.07, 6.45) is 0.472. The molecule has 0 amide bonds. The maximum Gasteiger partial charge on any atom is 0.164 e. The SMILES string of the molecule is Cc1nc(CN2CCC(C(O)c3cc(F)ccc3F)CC2)n[nH]1. The number of aromatic nitrogens is 3. The quantitative estimate of drug-likeness (QED) is 0.907. The van der Waals surface area contributed by atoms with E-state index >= 15 is 0 Å². The molecule has 0 spiro atoms. The molecule has 5 nitrogen and oxygen atoms in total. The molecule has 23 heavy (non-hydrogen) atoms. The van der Waals surface area contributed by atoms with Crippen LogP contribution in [0.4, 0.5) is 8.78 Å². The molecule has 2 heterocycles. The molecule has 3 rings (SSSR count). The number of rotatable bonds is 4. The highest BCUT2D eigenvalue weighted by Gasteiger charge is 2.28. The van der Waals surface area contributed by atoms with Crippen LogP contribution >= 0.6 is 0 Å². The number of aliphatic hydroxyl groups excluding tert-OH is 1. The predicted octanol–water partition coefficient (Wildman–Crippen LogP) is 2.34. The van der Waals surface area contributed by atoms with Gasteiger partial charge in [0.15, 0.2) is 5.82 Å². The summed E-state index contributed by atoms with van der Waals surface area (Å²) in [6.45, 7) is 4.05. The molecule has 0 radical (unpaired) electrons. The minimum atomic E-state index is -0.974. The second kappa shape index (κ2) is 6.72. The molecule has 1 unspecified atom stereocenters. The third-order valence-electron chi connectivity index (χ3n) is 4.36. The minimum Gasteiger partial charge on any atom is -0.388 e. The highest BCUT2D eigenvalue weighted by atomic mass is 19.1. The van der Waals surface area contributed by atoms with Crippen LogP contribution in [0.3, 0.4) is 0 Å². The first-order valence-corrected chi connectivity index (χ1v) is 7.76. The van der Waals surface area contributed by atoms with Crippen LogP contribution in [0.5, 0.6) is 0 Å². The van der Waals surface area contributed by atoms with Crippen LogP contribution in [0.2, 0.25) is 0 Å². The maximum absolute atomic E-state index is 13.8. The highest BCUT2D eigenvalue weighted by Crippen LogP contribution is 2.32. The van der Waals surface area contributed by atoms with Gasteiger partial charge in [-0.3, -0.25) is 10.00 Å². The van der Waals surface area contributed by atoms with Gasteiger partial charge in [0, 0.05) is 5.56 Å². The van der Waals surface area contributed by atoms with E-state index in [1.54, 1.807) is 0 Å². The minimum absolute atomic E-state index is 0.0491. The van der Waals surface area contributed by atoms with E-state index in [9.17, 15) is 13.9 Å². The number of benzene rings is 1. The molecule has 0 bridgehead atoms. The number of halogens is 2. The summed E-state index contributed by atoms with van der Waals surface area (Å²) in [5.41, 5.74) is 0.0491. The van der Waals surface area contributed by atoms with Gasteiger partial charge in [0.25, 0.3) is 0 Å². The number of likely N-dealkylation sites (tertiary alicyclic amines) is 1. The van der Waals surface area contributed by atoms with Gasteiger partial charge in [0.2, 0.25) is 0 Å². The largest absolute Gasteiger partial charge is 0.388 e. The van der Waals surface area contributed by atoms with Gasteiger partial charge in [-0.25, -0.2) is 13.8 Å². The van der Waals surface area contributed by atoms with Gasteiger partial charge in [-0.15, -0.1) is 0 Å². The van der Waals surface area contributed by atoms with Crippen molar-refractivity contribution in [3.8, 4) is 0 Å². The Bertz CT molecular complexity index is 668. The molecule has 0 saturated carbocycles. The van der Waals surface area contributed by atoms with Gasteiger partial charge in [0.05, 0.1) is 12.6 Å². The zero-order valence-corrected chi connectivity index (χ0v) is 13.0. The number of aliphatic hydroxyl groups is 1. The normalized spacial score (nSPS) is 18.3. The van der Waals surface area contributed by atoms with Crippen molar-refractivity contribution in [2.24, 2.45) is 5.92 Å². The summed E-state index contributed by atoms with van der Waals surface area (Å²) < 4.78 is 27.1. The molecule has 1 aliphatic heterocycles. The molecular weight excluding hydrogens is 302 g/mol. The summed E-state index contributed by atoms with van der Waals surface area (Å²) in [5, 5.41) is 17.3. The lowest BCUT2D eigenvalue weighted by molar-refractivity contribution is 0.0535. The van der Waals surface area contributed by atoms with Crippen LogP contribution in [-0.4, -0.2) is 38.3 Å². The number of nitrogens with zero attached hydrogens (tertiary/aromatic N) is 3. The number of hydrogen-bond acceptors (Lipinski definition) is 4. The van der Waals surface area contributed by atoms with Gasteiger partial charge >= 0.3 is 0 Å². The summed E-state index contributed by atoms with van der Waals surface area (Å²) in [7, 11) is 0. The van der Waals surface area contributed by atoms with E-state index in [-0.39, 0.29) is 11.5 Å². The Morgan fingerprint density at radius 2 is 2.09 bits per heavy atom. The monoisotopic (exact) mass is 322 g/mol. The molecule has 1 fully saturated rings. The molecular formula is C16H20F2N4O. The zero-order chi connectivity index (χ0) is 16.4. The van der Waals surface area contributed by atoms with Gasteiger partial charge < -0.3 is 5.11 Å². The molecule has 2 aromatic rings. The van der Waals surface area contributed by atoms with Crippen LogP contribution in [0, 0.1) is 24.5 Å². The van der Waals surface area contributed by atoms with E-state index in [1.807, 2.05) is 6.92 Å². The smallest absolute Gasteiger partial charge is 0.164 e. The fourth-order valence-corrected chi connectivity index (χ4v) is 3.08. The molecule has 1 aliphatic rings. The first-order valence-electron chi connectivity index (χ1n) is 7.76. The summed E-state index contributed by atoms with van der Waals surface area (Å²) in [6, 6.07) is 3.21. The number of H-pyrrole nitrogens is 1. The molecule has 1 aromatic carbocycles. The first-order chi connectivity index (χ1) is 11.0. The molecule has 0 aliphatic carbocycles. The van der Waals surface area contributed by atoms with Crippen LogP contribution < -0.4 is 0 Å². The van der Waals surface area contributed by atoms with E-state index < -0.39 is 17.7 Å². The average Bonchev–Trinajstić information content (AvgIpc) is 2.95. The average molecular weight is 322 g/mol. The van der Waals surface area contributed by atoms with Crippen molar-refractivity contribution in [3.05, 3.63) is 47.0 Å². The van der Waals surface area contributed by atoms with E-state index in [1.165, 1.54) is 0 Å². The zero-order valence-electron chi connectivity index (χ0n) is 13.0.